The summed E-state index contributed by atoms with van der Waals surface area (Å²) in [6.45, 7) is 4.66. The lowest BCUT2D eigenvalue weighted by molar-refractivity contribution is 0.633. The first-order valence-corrected chi connectivity index (χ1v) is 5.87. The van der Waals surface area contributed by atoms with Crippen molar-refractivity contribution >= 4 is 11.8 Å². The Bertz CT molecular complexity index is 91.6. The molecule has 2 heteroatoms. The third-order valence-electron chi connectivity index (χ3n) is 2.05. The normalized spacial score (nSPS) is 17.2. The topological polar surface area (TPSA) is 12.0 Å². The zero-order valence-electron chi connectivity index (χ0n) is 7.44. The highest BCUT2D eigenvalue weighted by Crippen LogP contribution is 2.31. The Morgan fingerprint density at radius 1 is 1.36 bits per heavy atom. The number of hydrogen-bond acceptors (Lipinski definition) is 2. The van der Waals surface area contributed by atoms with E-state index in [0.29, 0.717) is 0 Å². The van der Waals surface area contributed by atoms with Gasteiger partial charge in [-0.2, -0.15) is 11.8 Å². The van der Waals surface area contributed by atoms with E-state index >= 15 is 0 Å². The summed E-state index contributed by atoms with van der Waals surface area (Å²) in [4.78, 5) is 0. The summed E-state index contributed by atoms with van der Waals surface area (Å²) in [6.07, 6.45) is 4.40. The Kier molecular flexibility index (Phi) is 5.04. The monoisotopic (exact) mass is 173 g/mol. The predicted molar refractivity (Wildman–Crippen MR) is 53.2 cm³/mol. The van der Waals surface area contributed by atoms with Crippen molar-refractivity contribution < 1.29 is 0 Å². The highest BCUT2D eigenvalue weighted by molar-refractivity contribution is 7.99. The number of rotatable bonds is 7. The van der Waals surface area contributed by atoms with E-state index in [4.69, 9.17) is 0 Å². The van der Waals surface area contributed by atoms with Crippen molar-refractivity contribution in [1.29, 1.82) is 0 Å². The van der Waals surface area contributed by atoms with Crippen LogP contribution in [0, 0.1) is 5.92 Å². The van der Waals surface area contributed by atoms with Gasteiger partial charge in [0.2, 0.25) is 0 Å². The Hall–Kier alpha value is 0.310. The molecule has 0 saturated heterocycles. The molecule has 1 saturated carbocycles. The van der Waals surface area contributed by atoms with Gasteiger partial charge in [0.15, 0.2) is 0 Å². The van der Waals surface area contributed by atoms with E-state index < -0.39 is 0 Å². The van der Waals surface area contributed by atoms with Crippen molar-refractivity contribution in [3.05, 3.63) is 0 Å². The van der Waals surface area contributed by atoms with Crippen LogP contribution in [0.25, 0.3) is 0 Å². The van der Waals surface area contributed by atoms with Gasteiger partial charge in [-0.25, -0.2) is 0 Å². The first kappa shape index (κ1) is 9.40. The van der Waals surface area contributed by atoms with Gasteiger partial charge < -0.3 is 5.32 Å². The molecule has 1 fully saturated rings. The van der Waals surface area contributed by atoms with E-state index in [9.17, 15) is 0 Å². The maximum absolute atomic E-state index is 3.47. The number of nitrogens with one attached hydrogen (secondary N) is 1. The summed E-state index contributed by atoms with van der Waals surface area (Å²) >= 11 is 2.02. The van der Waals surface area contributed by atoms with Gasteiger partial charge in [0.05, 0.1) is 0 Å². The second kappa shape index (κ2) is 5.90. The average molecular weight is 173 g/mol. The molecule has 0 spiro atoms. The molecule has 0 bridgehead atoms. The van der Waals surface area contributed by atoms with Crippen LogP contribution in [0.3, 0.4) is 0 Å². The zero-order chi connectivity index (χ0) is 7.94. The van der Waals surface area contributed by atoms with Crippen molar-refractivity contribution in [2.45, 2.75) is 26.2 Å². The highest BCUT2D eigenvalue weighted by Gasteiger charge is 2.19. The molecule has 0 amide bonds. The van der Waals surface area contributed by atoms with Gasteiger partial charge in [-0.05, 0) is 24.6 Å². The van der Waals surface area contributed by atoms with E-state index in [0.717, 1.165) is 5.92 Å². The highest BCUT2D eigenvalue weighted by atomic mass is 32.2. The van der Waals surface area contributed by atoms with Crippen molar-refractivity contribution in [2.24, 2.45) is 5.92 Å². The van der Waals surface area contributed by atoms with Crippen molar-refractivity contribution in [3.63, 3.8) is 0 Å². The molecular weight excluding hydrogens is 154 g/mol. The van der Waals surface area contributed by atoms with E-state index in [1.165, 1.54) is 43.9 Å². The van der Waals surface area contributed by atoms with Gasteiger partial charge in [-0.3, -0.25) is 0 Å². The molecule has 11 heavy (non-hydrogen) atoms. The summed E-state index contributed by atoms with van der Waals surface area (Å²) in [5.74, 6) is 3.62. The van der Waals surface area contributed by atoms with E-state index in [2.05, 4.69) is 12.2 Å². The van der Waals surface area contributed by atoms with Crippen LogP contribution in [0.1, 0.15) is 26.2 Å². The SMILES string of the molecule is CCSCCNCCC1CC1. The van der Waals surface area contributed by atoms with Crippen molar-refractivity contribution in [1.82, 2.24) is 5.32 Å². The Morgan fingerprint density at radius 2 is 2.18 bits per heavy atom. The Morgan fingerprint density at radius 3 is 2.82 bits per heavy atom. The molecule has 1 rings (SSSR count). The molecule has 1 aliphatic rings. The van der Waals surface area contributed by atoms with Crippen LogP contribution in [0.5, 0.6) is 0 Å². The van der Waals surface area contributed by atoms with Crippen LogP contribution in [-0.4, -0.2) is 24.6 Å². The quantitative estimate of drug-likeness (QED) is 0.592. The molecule has 0 aromatic rings. The van der Waals surface area contributed by atoms with Gasteiger partial charge in [-0.15, -0.1) is 0 Å². The van der Waals surface area contributed by atoms with Crippen LogP contribution in [0.4, 0.5) is 0 Å². The summed E-state index contributed by atoms with van der Waals surface area (Å²) < 4.78 is 0. The fourth-order valence-electron chi connectivity index (χ4n) is 1.13. The van der Waals surface area contributed by atoms with E-state index in [1.807, 2.05) is 11.8 Å². The van der Waals surface area contributed by atoms with Gasteiger partial charge in [0.25, 0.3) is 0 Å². The van der Waals surface area contributed by atoms with Crippen molar-refractivity contribution in [2.75, 3.05) is 24.6 Å². The molecule has 0 heterocycles. The second-order valence-corrected chi connectivity index (χ2v) is 4.57. The predicted octanol–water partition coefficient (Wildman–Crippen LogP) is 2.13. The lowest BCUT2D eigenvalue weighted by Crippen LogP contribution is -2.18. The minimum Gasteiger partial charge on any atom is -0.316 e. The average Bonchev–Trinajstić information content (AvgIpc) is 2.80. The third-order valence-corrected chi connectivity index (χ3v) is 2.95. The second-order valence-electron chi connectivity index (χ2n) is 3.18. The number of hydrogen-bond donors (Lipinski definition) is 1. The molecule has 0 aromatic carbocycles. The van der Waals surface area contributed by atoms with Gasteiger partial charge in [0.1, 0.15) is 0 Å². The fraction of sp³-hybridized carbons (Fsp3) is 1.00. The maximum atomic E-state index is 3.47. The van der Waals surface area contributed by atoms with Crippen LogP contribution in [-0.2, 0) is 0 Å². The minimum absolute atomic E-state index is 1.08. The lowest BCUT2D eigenvalue weighted by Gasteiger charge is -2.01. The molecular formula is C9H19NS. The molecule has 0 radical (unpaired) electrons. The fourth-order valence-corrected chi connectivity index (χ4v) is 1.70. The standard InChI is InChI=1S/C9H19NS/c1-2-11-8-7-10-6-5-9-3-4-9/h9-10H,2-8H2,1H3. The summed E-state index contributed by atoms with van der Waals surface area (Å²) in [5, 5.41) is 3.47. The van der Waals surface area contributed by atoms with Crippen LogP contribution >= 0.6 is 11.8 Å². The van der Waals surface area contributed by atoms with E-state index in [1.54, 1.807) is 0 Å². The van der Waals surface area contributed by atoms with Crippen molar-refractivity contribution in [3.8, 4) is 0 Å². The Balaban J connectivity index is 1.66. The Labute approximate surface area is 74.3 Å². The molecule has 0 atom stereocenters. The van der Waals surface area contributed by atoms with Gasteiger partial charge in [-0.1, -0.05) is 19.8 Å². The van der Waals surface area contributed by atoms with Gasteiger partial charge >= 0.3 is 0 Å². The first-order valence-electron chi connectivity index (χ1n) is 4.72. The molecule has 1 N–H and O–H groups in total. The summed E-state index contributed by atoms with van der Waals surface area (Å²) in [5.41, 5.74) is 0. The molecule has 1 aliphatic carbocycles. The smallest absolute Gasteiger partial charge is 0.00579 e. The first-order chi connectivity index (χ1) is 5.43. The molecule has 1 nitrogen and oxygen atoms in total. The third kappa shape index (κ3) is 5.57. The minimum atomic E-state index is 1.08. The van der Waals surface area contributed by atoms with Crippen LogP contribution in [0.2, 0.25) is 0 Å². The maximum Gasteiger partial charge on any atom is 0.00579 e. The summed E-state index contributed by atoms with van der Waals surface area (Å²) in [7, 11) is 0. The molecule has 0 aromatic heterocycles. The molecule has 66 valence electrons. The van der Waals surface area contributed by atoms with Crippen LogP contribution < -0.4 is 5.32 Å². The lowest BCUT2D eigenvalue weighted by atomic mass is 10.3. The molecule has 0 unspecified atom stereocenters. The van der Waals surface area contributed by atoms with Crippen LogP contribution in [0.15, 0.2) is 0 Å². The summed E-state index contributed by atoms with van der Waals surface area (Å²) in [6, 6.07) is 0. The van der Waals surface area contributed by atoms with E-state index in [-0.39, 0.29) is 0 Å². The molecule has 0 aliphatic heterocycles. The van der Waals surface area contributed by atoms with Gasteiger partial charge in [0, 0.05) is 12.3 Å². The number of thioether (sulfide) groups is 1. The zero-order valence-corrected chi connectivity index (χ0v) is 8.25. The largest absolute Gasteiger partial charge is 0.316 e.